The maximum atomic E-state index is 11.2. The Kier molecular flexibility index (Phi) is 3.05. The summed E-state index contributed by atoms with van der Waals surface area (Å²) >= 11 is 0. The molecule has 8 heteroatoms. The highest BCUT2D eigenvalue weighted by atomic mass is 32.2. The molecule has 1 aliphatic heterocycles. The van der Waals surface area contributed by atoms with Crippen LogP contribution in [0.2, 0.25) is 0 Å². The number of hydrogen-bond donors (Lipinski definition) is 1. The molecule has 0 radical (unpaired) electrons. The number of fused-ring (bicyclic) bond motifs is 1. The van der Waals surface area contributed by atoms with Crippen molar-refractivity contribution in [2.75, 3.05) is 6.26 Å². The van der Waals surface area contributed by atoms with Gasteiger partial charge in [-0.15, -0.1) is 0 Å². The molecule has 0 bridgehead atoms. The summed E-state index contributed by atoms with van der Waals surface area (Å²) < 4.78 is 29.9. The standard InChI is InChI=1S/C10H10N2O5S/c1-18(15,16)11-9-4-5-17-10-3-2-7(12(13)14)6-8(9)10/h2-6,9,11H,1H3. The maximum absolute atomic E-state index is 11.2. The molecule has 1 aliphatic rings. The van der Waals surface area contributed by atoms with Gasteiger partial charge in [0, 0.05) is 17.7 Å². The number of nitrogens with zero attached hydrogens (tertiary/aromatic N) is 1. The first-order valence-electron chi connectivity index (χ1n) is 4.96. The third-order valence-electron chi connectivity index (χ3n) is 2.35. The van der Waals surface area contributed by atoms with Crippen LogP contribution in [0, 0.1) is 10.1 Å². The zero-order valence-electron chi connectivity index (χ0n) is 9.36. The van der Waals surface area contributed by atoms with Gasteiger partial charge in [-0.3, -0.25) is 10.1 Å². The first kappa shape index (κ1) is 12.5. The topological polar surface area (TPSA) is 98.5 Å². The molecule has 1 atom stereocenters. The quantitative estimate of drug-likeness (QED) is 0.654. The molecule has 0 spiro atoms. The Morgan fingerprint density at radius 3 is 2.78 bits per heavy atom. The molecule has 1 aromatic carbocycles. The first-order valence-corrected chi connectivity index (χ1v) is 6.85. The number of rotatable bonds is 3. The molecule has 0 aliphatic carbocycles. The fraction of sp³-hybridized carbons (Fsp3) is 0.200. The fourth-order valence-corrected chi connectivity index (χ4v) is 2.29. The monoisotopic (exact) mass is 270 g/mol. The Morgan fingerprint density at radius 1 is 1.44 bits per heavy atom. The third kappa shape index (κ3) is 2.66. The molecule has 1 unspecified atom stereocenters. The van der Waals surface area contributed by atoms with Crippen LogP contribution in [-0.4, -0.2) is 19.6 Å². The van der Waals surface area contributed by atoms with Gasteiger partial charge in [-0.2, -0.15) is 0 Å². The number of benzene rings is 1. The van der Waals surface area contributed by atoms with Gasteiger partial charge in [-0.25, -0.2) is 13.1 Å². The number of nitrogens with one attached hydrogen (secondary N) is 1. The van der Waals surface area contributed by atoms with Gasteiger partial charge < -0.3 is 4.74 Å². The molecule has 0 amide bonds. The average molecular weight is 270 g/mol. The predicted molar refractivity (Wildman–Crippen MR) is 63.6 cm³/mol. The SMILES string of the molecule is CS(=O)(=O)NC1C=COc2ccc([N+](=O)[O-])cc21. The van der Waals surface area contributed by atoms with E-state index in [1.165, 1.54) is 30.5 Å². The van der Waals surface area contributed by atoms with E-state index in [1.807, 2.05) is 0 Å². The van der Waals surface area contributed by atoms with Gasteiger partial charge in [-0.1, -0.05) is 0 Å². The van der Waals surface area contributed by atoms with E-state index in [2.05, 4.69) is 4.72 Å². The van der Waals surface area contributed by atoms with Crippen LogP contribution >= 0.6 is 0 Å². The van der Waals surface area contributed by atoms with E-state index >= 15 is 0 Å². The summed E-state index contributed by atoms with van der Waals surface area (Å²) in [6.07, 6.45) is 3.84. The number of sulfonamides is 1. The van der Waals surface area contributed by atoms with Crippen LogP contribution in [0.5, 0.6) is 5.75 Å². The Morgan fingerprint density at radius 2 is 2.17 bits per heavy atom. The van der Waals surface area contributed by atoms with Crippen LogP contribution in [0.25, 0.3) is 0 Å². The van der Waals surface area contributed by atoms with Crippen molar-refractivity contribution in [1.29, 1.82) is 0 Å². The van der Waals surface area contributed by atoms with E-state index in [1.54, 1.807) is 0 Å². The summed E-state index contributed by atoms with van der Waals surface area (Å²) in [4.78, 5) is 10.1. The molecular weight excluding hydrogens is 260 g/mol. The molecule has 7 nitrogen and oxygen atoms in total. The number of ether oxygens (including phenoxy) is 1. The Balaban J connectivity index is 2.43. The van der Waals surface area contributed by atoms with Gasteiger partial charge >= 0.3 is 0 Å². The summed E-state index contributed by atoms with van der Waals surface area (Å²) in [5.41, 5.74) is 0.296. The number of nitro benzene ring substituents is 1. The molecule has 0 fully saturated rings. The predicted octanol–water partition coefficient (Wildman–Crippen LogP) is 1.09. The summed E-state index contributed by atoms with van der Waals surface area (Å²) in [5.74, 6) is 0.393. The number of non-ortho nitro benzene ring substituents is 1. The average Bonchev–Trinajstić information content (AvgIpc) is 2.26. The van der Waals surface area contributed by atoms with Crippen molar-refractivity contribution in [2.24, 2.45) is 0 Å². The summed E-state index contributed by atoms with van der Waals surface area (Å²) in [7, 11) is -3.43. The molecule has 96 valence electrons. The van der Waals surface area contributed by atoms with Crippen LogP contribution in [0.1, 0.15) is 11.6 Å². The molecule has 1 N–H and O–H groups in total. The van der Waals surface area contributed by atoms with Crippen molar-refractivity contribution in [1.82, 2.24) is 4.72 Å². The Labute approximate surface area is 103 Å². The minimum absolute atomic E-state index is 0.118. The largest absolute Gasteiger partial charge is 0.465 e. The molecule has 0 saturated heterocycles. The Hall–Kier alpha value is -1.93. The highest BCUT2D eigenvalue weighted by Crippen LogP contribution is 2.33. The van der Waals surface area contributed by atoms with Crippen molar-refractivity contribution in [3.63, 3.8) is 0 Å². The molecule has 18 heavy (non-hydrogen) atoms. The van der Waals surface area contributed by atoms with Crippen molar-refractivity contribution in [2.45, 2.75) is 6.04 Å². The van der Waals surface area contributed by atoms with Crippen molar-refractivity contribution >= 4 is 15.7 Å². The number of hydrogen-bond acceptors (Lipinski definition) is 5. The van der Waals surface area contributed by atoms with Gasteiger partial charge in [0.05, 0.1) is 23.5 Å². The minimum Gasteiger partial charge on any atom is -0.465 e. The molecule has 1 heterocycles. The molecule has 2 rings (SSSR count). The highest BCUT2D eigenvalue weighted by molar-refractivity contribution is 7.88. The fourth-order valence-electron chi connectivity index (χ4n) is 1.63. The minimum atomic E-state index is -3.43. The lowest BCUT2D eigenvalue weighted by Gasteiger charge is -2.20. The lowest BCUT2D eigenvalue weighted by molar-refractivity contribution is -0.385. The number of nitro groups is 1. The van der Waals surface area contributed by atoms with E-state index < -0.39 is 21.0 Å². The van der Waals surface area contributed by atoms with Gasteiger partial charge in [0.15, 0.2) is 0 Å². The van der Waals surface area contributed by atoms with Crippen LogP contribution in [0.4, 0.5) is 5.69 Å². The molecular formula is C10H10N2O5S. The summed E-state index contributed by atoms with van der Waals surface area (Å²) in [5, 5.41) is 10.7. The smallest absolute Gasteiger partial charge is 0.270 e. The Bertz CT molecular complexity index is 623. The van der Waals surface area contributed by atoms with Gasteiger partial charge in [0.1, 0.15) is 5.75 Å². The van der Waals surface area contributed by atoms with Gasteiger partial charge in [0.25, 0.3) is 5.69 Å². The molecule has 1 aromatic rings. The second kappa shape index (κ2) is 4.39. The highest BCUT2D eigenvalue weighted by Gasteiger charge is 2.23. The second-order valence-electron chi connectivity index (χ2n) is 3.79. The normalized spacial score (nSPS) is 17.9. The van der Waals surface area contributed by atoms with Crippen molar-refractivity contribution < 1.29 is 18.1 Å². The lowest BCUT2D eigenvalue weighted by atomic mass is 10.0. The van der Waals surface area contributed by atoms with Crippen LogP contribution < -0.4 is 9.46 Å². The van der Waals surface area contributed by atoms with E-state index in [9.17, 15) is 18.5 Å². The molecule has 0 saturated carbocycles. The van der Waals surface area contributed by atoms with E-state index in [4.69, 9.17) is 4.74 Å². The van der Waals surface area contributed by atoms with Gasteiger partial charge in [-0.05, 0) is 12.1 Å². The van der Waals surface area contributed by atoms with Crippen LogP contribution in [-0.2, 0) is 10.0 Å². The second-order valence-corrected chi connectivity index (χ2v) is 5.57. The van der Waals surface area contributed by atoms with E-state index in [0.717, 1.165) is 6.26 Å². The zero-order valence-corrected chi connectivity index (χ0v) is 10.2. The van der Waals surface area contributed by atoms with E-state index in [0.29, 0.717) is 11.3 Å². The maximum Gasteiger partial charge on any atom is 0.270 e. The summed E-state index contributed by atoms with van der Waals surface area (Å²) in [6.45, 7) is 0. The van der Waals surface area contributed by atoms with Crippen molar-refractivity contribution in [3.8, 4) is 5.75 Å². The van der Waals surface area contributed by atoms with Crippen molar-refractivity contribution in [3.05, 3.63) is 46.2 Å². The third-order valence-corrected chi connectivity index (χ3v) is 3.03. The summed E-state index contributed by atoms with van der Waals surface area (Å²) in [6, 6.07) is 3.37. The zero-order chi connectivity index (χ0) is 13.3. The molecule has 0 aromatic heterocycles. The van der Waals surface area contributed by atoms with E-state index in [-0.39, 0.29) is 5.69 Å². The van der Waals surface area contributed by atoms with Gasteiger partial charge in [0.2, 0.25) is 10.0 Å². The van der Waals surface area contributed by atoms with Crippen LogP contribution in [0.3, 0.4) is 0 Å². The first-order chi connectivity index (χ1) is 8.37. The van der Waals surface area contributed by atoms with Crippen LogP contribution in [0.15, 0.2) is 30.5 Å². The lowest BCUT2D eigenvalue weighted by Crippen LogP contribution is -2.27.